The number of esters is 1. The monoisotopic (exact) mass is 214 g/mol. The number of halogens is 2. The van der Waals surface area contributed by atoms with Gasteiger partial charge in [-0.05, 0) is 19.1 Å². The highest BCUT2D eigenvalue weighted by Crippen LogP contribution is 2.15. The van der Waals surface area contributed by atoms with Gasteiger partial charge in [0.2, 0.25) is 0 Å². The molecule has 0 spiro atoms. The van der Waals surface area contributed by atoms with Crippen LogP contribution in [0, 0.1) is 11.6 Å². The van der Waals surface area contributed by atoms with Crippen LogP contribution in [-0.4, -0.2) is 18.9 Å². The Morgan fingerprint density at radius 3 is 2.33 bits per heavy atom. The summed E-state index contributed by atoms with van der Waals surface area (Å²) in [6, 6.07) is 1.56. The van der Waals surface area contributed by atoms with E-state index in [2.05, 4.69) is 4.74 Å². The van der Waals surface area contributed by atoms with Crippen LogP contribution in [0.25, 0.3) is 0 Å². The zero-order valence-electron chi connectivity index (χ0n) is 7.92. The molecule has 1 rings (SSSR count). The van der Waals surface area contributed by atoms with E-state index in [1.807, 2.05) is 0 Å². The third kappa shape index (κ3) is 2.37. The fourth-order valence-corrected chi connectivity index (χ4v) is 1.06. The van der Waals surface area contributed by atoms with E-state index in [4.69, 9.17) is 0 Å². The van der Waals surface area contributed by atoms with E-state index in [-0.39, 0.29) is 12.2 Å². The van der Waals surface area contributed by atoms with Crippen LogP contribution in [0.15, 0.2) is 12.1 Å². The summed E-state index contributed by atoms with van der Waals surface area (Å²) in [5.41, 5.74) is -0.944. The second-order valence-electron chi connectivity index (χ2n) is 2.70. The highest BCUT2D eigenvalue weighted by Gasteiger charge is 2.19. The van der Waals surface area contributed by atoms with E-state index in [1.54, 1.807) is 0 Å². The third-order valence-electron chi connectivity index (χ3n) is 1.68. The van der Waals surface area contributed by atoms with Gasteiger partial charge in [-0.2, -0.15) is 0 Å². The Kier molecular flexibility index (Phi) is 3.49. The van der Waals surface area contributed by atoms with E-state index in [0.29, 0.717) is 6.29 Å². The number of rotatable bonds is 3. The Labute approximate surface area is 84.7 Å². The summed E-state index contributed by atoms with van der Waals surface area (Å²) in [4.78, 5) is 21.4. The summed E-state index contributed by atoms with van der Waals surface area (Å²) in [5.74, 6) is -3.28. The fraction of sp³-hybridized carbons (Fsp3) is 0.200. The molecule has 1 aromatic carbocycles. The van der Waals surface area contributed by atoms with Crippen molar-refractivity contribution in [2.24, 2.45) is 0 Å². The van der Waals surface area contributed by atoms with Gasteiger partial charge in [-0.1, -0.05) is 0 Å². The standard InChI is InChI=1S/C10H8F2O3/c1-2-15-10(14)9-7(11)3-6(5-13)4-8(9)12/h3-5H,2H2,1H3. The van der Waals surface area contributed by atoms with Crippen molar-refractivity contribution in [3.63, 3.8) is 0 Å². The number of ether oxygens (including phenoxy) is 1. The molecule has 3 nitrogen and oxygen atoms in total. The number of hydrogen-bond donors (Lipinski definition) is 0. The molecule has 0 saturated carbocycles. The minimum absolute atomic E-state index is 0.0210. The number of carbonyl (C=O) groups is 2. The molecule has 0 atom stereocenters. The zero-order valence-corrected chi connectivity index (χ0v) is 7.92. The van der Waals surface area contributed by atoms with Crippen LogP contribution in [0.5, 0.6) is 0 Å². The smallest absolute Gasteiger partial charge is 0.344 e. The van der Waals surface area contributed by atoms with Crippen LogP contribution in [-0.2, 0) is 4.74 Å². The first kappa shape index (κ1) is 11.3. The summed E-state index contributed by atoms with van der Waals surface area (Å²) < 4.78 is 30.8. The summed E-state index contributed by atoms with van der Waals surface area (Å²) in [6.07, 6.45) is 0.293. The average Bonchev–Trinajstić information content (AvgIpc) is 2.16. The lowest BCUT2D eigenvalue weighted by Crippen LogP contribution is -2.10. The van der Waals surface area contributed by atoms with E-state index in [1.165, 1.54) is 6.92 Å². The normalized spacial score (nSPS) is 9.80. The van der Waals surface area contributed by atoms with E-state index >= 15 is 0 Å². The van der Waals surface area contributed by atoms with Crippen molar-refractivity contribution in [3.8, 4) is 0 Å². The maximum atomic E-state index is 13.2. The molecule has 0 aliphatic carbocycles. The molecule has 0 bridgehead atoms. The van der Waals surface area contributed by atoms with Crippen LogP contribution in [0.1, 0.15) is 27.6 Å². The first-order chi connectivity index (χ1) is 7.10. The highest BCUT2D eigenvalue weighted by molar-refractivity contribution is 5.91. The fourth-order valence-electron chi connectivity index (χ4n) is 1.06. The van der Waals surface area contributed by atoms with E-state index in [9.17, 15) is 18.4 Å². The lowest BCUT2D eigenvalue weighted by Gasteiger charge is -2.04. The second kappa shape index (κ2) is 4.63. The number of carbonyl (C=O) groups excluding carboxylic acids is 2. The van der Waals surface area contributed by atoms with Gasteiger partial charge in [-0.15, -0.1) is 0 Å². The van der Waals surface area contributed by atoms with Crippen molar-refractivity contribution in [2.45, 2.75) is 6.92 Å². The van der Waals surface area contributed by atoms with Gasteiger partial charge in [0, 0.05) is 5.56 Å². The minimum atomic E-state index is -1.10. The number of hydrogen-bond acceptors (Lipinski definition) is 3. The van der Waals surface area contributed by atoms with Crippen molar-refractivity contribution in [1.29, 1.82) is 0 Å². The summed E-state index contributed by atoms with van der Waals surface area (Å²) in [5, 5.41) is 0. The Balaban J connectivity index is 3.19. The SMILES string of the molecule is CCOC(=O)c1c(F)cc(C=O)cc1F. The number of benzene rings is 1. The Morgan fingerprint density at radius 1 is 1.40 bits per heavy atom. The van der Waals surface area contributed by atoms with Crippen molar-refractivity contribution in [3.05, 3.63) is 34.9 Å². The molecule has 0 aromatic heterocycles. The topological polar surface area (TPSA) is 43.4 Å². The van der Waals surface area contributed by atoms with Crippen molar-refractivity contribution in [1.82, 2.24) is 0 Å². The first-order valence-corrected chi connectivity index (χ1v) is 4.21. The van der Waals surface area contributed by atoms with Crippen molar-refractivity contribution >= 4 is 12.3 Å². The van der Waals surface area contributed by atoms with Gasteiger partial charge in [0.1, 0.15) is 23.5 Å². The van der Waals surface area contributed by atoms with Gasteiger partial charge in [-0.3, -0.25) is 4.79 Å². The van der Waals surface area contributed by atoms with Crippen molar-refractivity contribution in [2.75, 3.05) is 6.61 Å². The predicted molar refractivity (Wildman–Crippen MR) is 47.7 cm³/mol. The largest absolute Gasteiger partial charge is 0.462 e. The summed E-state index contributed by atoms with van der Waals surface area (Å²) in [7, 11) is 0. The third-order valence-corrected chi connectivity index (χ3v) is 1.68. The van der Waals surface area contributed by atoms with Gasteiger partial charge < -0.3 is 4.74 Å². The molecule has 0 saturated heterocycles. The maximum absolute atomic E-state index is 13.2. The molecule has 0 aliphatic rings. The van der Waals surface area contributed by atoms with Crippen LogP contribution in [0.3, 0.4) is 0 Å². The maximum Gasteiger partial charge on any atom is 0.344 e. The second-order valence-corrected chi connectivity index (χ2v) is 2.70. The molecule has 0 aliphatic heterocycles. The Bertz CT molecular complexity index is 379. The van der Waals surface area contributed by atoms with Gasteiger partial charge in [0.15, 0.2) is 0 Å². The minimum Gasteiger partial charge on any atom is -0.462 e. The molecule has 80 valence electrons. The molecule has 5 heteroatoms. The number of aldehydes is 1. The van der Waals surface area contributed by atoms with Crippen LogP contribution in [0.2, 0.25) is 0 Å². The molecular weight excluding hydrogens is 206 g/mol. The lowest BCUT2D eigenvalue weighted by molar-refractivity contribution is 0.0515. The summed E-state index contributed by atoms with van der Waals surface area (Å²) >= 11 is 0. The first-order valence-electron chi connectivity index (χ1n) is 4.21. The molecule has 1 aromatic rings. The Morgan fingerprint density at radius 2 is 1.93 bits per heavy atom. The van der Waals surface area contributed by atoms with Gasteiger partial charge >= 0.3 is 5.97 Å². The highest BCUT2D eigenvalue weighted by atomic mass is 19.1. The Hall–Kier alpha value is -1.78. The quantitative estimate of drug-likeness (QED) is 0.570. The summed E-state index contributed by atoms with van der Waals surface area (Å²) in [6.45, 7) is 1.54. The van der Waals surface area contributed by atoms with Crippen LogP contribution in [0.4, 0.5) is 8.78 Å². The van der Waals surface area contributed by atoms with E-state index < -0.39 is 23.2 Å². The molecule has 0 unspecified atom stereocenters. The molecule has 0 fully saturated rings. The zero-order chi connectivity index (χ0) is 11.4. The lowest BCUT2D eigenvalue weighted by atomic mass is 10.1. The van der Waals surface area contributed by atoms with Crippen molar-refractivity contribution < 1.29 is 23.1 Å². The molecule has 15 heavy (non-hydrogen) atoms. The van der Waals surface area contributed by atoms with E-state index in [0.717, 1.165) is 12.1 Å². The van der Waals surface area contributed by atoms with Gasteiger partial charge in [-0.25, -0.2) is 13.6 Å². The molecule has 0 N–H and O–H groups in total. The molecule has 0 amide bonds. The van der Waals surface area contributed by atoms with Crippen LogP contribution < -0.4 is 0 Å². The van der Waals surface area contributed by atoms with Gasteiger partial charge in [0.05, 0.1) is 6.61 Å². The van der Waals surface area contributed by atoms with Gasteiger partial charge in [0.25, 0.3) is 0 Å². The molecular formula is C10H8F2O3. The molecule has 0 heterocycles. The molecule has 0 radical (unpaired) electrons. The van der Waals surface area contributed by atoms with Crippen LogP contribution >= 0.6 is 0 Å². The predicted octanol–water partition coefficient (Wildman–Crippen LogP) is 1.95. The average molecular weight is 214 g/mol.